The summed E-state index contributed by atoms with van der Waals surface area (Å²) in [5.74, 6) is -0.558. The van der Waals surface area contributed by atoms with Gasteiger partial charge in [0.05, 0.1) is 13.0 Å². The van der Waals surface area contributed by atoms with E-state index in [-0.39, 0.29) is 17.0 Å². The van der Waals surface area contributed by atoms with Crippen molar-refractivity contribution in [3.05, 3.63) is 65.7 Å². The molecule has 2 rings (SSSR count). The highest BCUT2D eigenvalue weighted by atomic mass is 32.1. The first-order valence-electron chi connectivity index (χ1n) is 6.88. The number of hydrogen-bond donors (Lipinski definition) is 2. The van der Waals surface area contributed by atoms with Crippen molar-refractivity contribution in [2.45, 2.75) is 12.3 Å². The van der Waals surface area contributed by atoms with Gasteiger partial charge in [-0.1, -0.05) is 42.5 Å². The molecule has 0 fully saturated rings. The maximum absolute atomic E-state index is 12.1. The average Bonchev–Trinajstić information content (AvgIpc) is 2.53. The molecule has 22 heavy (non-hydrogen) atoms. The van der Waals surface area contributed by atoms with E-state index in [9.17, 15) is 4.79 Å². The van der Waals surface area contributed by atoms with E-state index in [0.717, 1.165) is 16.8 Å². The Labute approximate surface area is 135 Å². The Morgan fingerprint density at radius 3 is 2.36 bits per heavy atom. The third-order valence-corrected chi connectivity index (χ3v) is 3.45. The molecule has 0 aliphatic carbocycles. The fraction of sp³-hybridized carbons (Fsp3) is 0.176. The number of benzene rings is 2. The summed E-state index contributed by atoms with van der Waals surface area (Å²) in [6.45, 7) is 0. The van der Waals surface area contributed by atoms with Crippen LogP contribution in [0.3, 0.4) is 0 Å². The Morgan fingerprint density at radius 2 is 1.82 bits per heavy atom. The van der Waals surface area contributed by atoms with Crippen molar-refractivity contribution in [1.29, 1.82) is 0 Å². The number of nitrogens with two attached hydrogens (primary N) is 1. The number of carbonyl (C=O) groups is 1. The molecule has 0 saturated carbocycles. The van der Waals surface area contributed by atoms with Crippen LogP contribution in [0.25, 0.3) is 0 Å². The standard InChI is InChI=1S/C17H18N2O2S/c1-21-16(20)15(13-5-3-2-4-6-13)11-12-7-9-14(10-8-12)19-17(18)22/h2-10,15H,11H2,1H3,(H3,18,19,22). The van der Waals surface area contributed by atoms with Gasteiger partial charge in [0.1, 0.15) is 0 Å². The van der Waals surface area contributed by atoms with Gasteiger partial charge in [-0.25, -0.2) is 0 Å². The molecule has 5 heteroatoms. The molecule has 4 nitrogen and oxygen atoms in total. The summed E-state index contributed by atoms with van der Waals surface area (Å²) in [4.78, 5) is 12.1. The van der Waals surface area contributed by atoms with Crippen molar-refractivity contribution >= 4 is 29.0 Å². The summed E-state index contributed by atoms with van der Waals surface area (Å²) in [7, 11) is 1.41. The summed E-state index contributed by atoms with van der Waals surface area (Å²) in [5.41, 5.74) is 8.24. The quantitative estimate of drug-likeness (QED) is 0.656. The second-order valence-electron chi connectivity index (χ2n) is 4.88. The number of thiocarbonyl (C=S) groups is 1. The van der Waals surface area contributed by atoms with Gasteiger partial charge >= 0.3 is 5.97 Å². The highest BCUT2D eigenvalue weighted by Gasteiger charge is 2.21. The number of esters is 1. The van der Waals surface area contributed by atoms with E-state index < -0.39 is 0 Å². The molecule has 2 aromatic rings. The van der Waals surface area contributed by atoms with Gasteiger partial charge in [0.2, 0.25) is 0 Å². The molecule has 0 spiro atoms. The van der Waals surface area contributed by atoms with Crippen LogP contribution in [-0.4, -0.2) is 18.2 Å². The predicted octanol–water partition coefficient (Wildman–Crippen LogP) is 2.84. The van der Waals surface area contributed by atoms with E-state index in [1.165, 1.54) is 7.11 Å². The number of methoxy groups -OCH3 is 1. The third kappa shape index (κ3) is 4.30. The number of ether oxygens (including phenoxy) is 1. The highest BCUT2D eigenvalue weighted by Crippen LogP contribution is 2.23. The lowest BCUT2D eigenvalue weighted by molar-refractivity contribution is -0.142. The second-order valence-corrected chi connectivity index (χ2v) is 5.32. The lowest BCUT2D eigenvalue weighted by Crippen LogP contribution is -2.19. The van der Waals surface area contributed by atoms with Gasteiger partial charge in [0.15, 0.2) is 5.11 Å². The van der Waals surface area contributed by atoms with Crippen LogP contribution in [0.15, 0.2) is 54.6 Å². The molecule has 0 amide bonds. The van der Waals surface area contributed by atoms with Crippen LogP contribution < -0.4 is 11.1 Å². The van der Waals surface area contributed by atoms with E-state index in [1.807, 2.05) is 54.6 Å². The smallest absolute Gasteiger partial charge is 0.313 e. The molecular weight excluding hydrogens is 296 g/mol. The topological polar surface area (TPSA) is 64.3 Å². The maximum atomic E-state index is 12.1. The highest BCUT2D eigenvalue weighted by molar-refractivity contribution is 7.80. The van der Waals surface area contributed by atoms with Gasteiger partial charge in [-0.15, -0.1) is 0 Å². The number of nitrogens with one attached hydrogen (secondary N) is 1. The van der Waals surface area contributed by atoms with Crippen LogP contribution in [0, 0.1) is 0 Å². The molecule has 0 radical (unpaired) electrons. The van der Waals surface area contributed by atoms with E-state index >= 15 is 0 Å². The van der Waals surface area contributed by atoms with Gasteiger partial charge in [0, 0.05) is 5.69 Å². The SMILES string of the molecule is COC(=O)C(Cc1ccc(NC(N)=S)cc1)c1ccccc1. The van der Waals surface area contributed by atoms with Crippen LogP contribution in [0.1, 0.15) is 17.0 Å². The molecule has 0 bridgehead atoms. The summed E-state index contributed by atoms with van der Waals surface area (Å²) in [5, 5.41) is 3.09. The largest absolute Gasteiger partial charge is 0.469 e. The summed E-state index contributed by atoms with van der Waals surface area (Å²) in [6, 6.07) is 17.3. The van der Waals surface area contributed by atoms with E-state index in [4.69, 9.17) is 22.7 Å². The zero-order valence-corrected chi connectivity index (χ0v) is 13.1. The number of rotatable bonds is 5. The predicted molar refractivity (Wildman–Crippen MR) is 91.8 cm³/mol. The van der Waals surface area contributed by atoms with E-state index in [1.54, 1.807) is 0 Å². The van der Waals surface area contributed by atoms with E-state index in [2.05, 4.69) is 5.32 Å². The van der Waals surface area contributed by atoms with Crippen molar-refractivity contribution in [1.82, 2.24) is 0 Å². The molecule has 2 aromatic carbocycles. The molecule has 0 aliphatic rings. The first kappa shape index (κ1) is 16.0. The Bertz CT molecular complexity index is 641. The van der Waals surface area contributed by atoms with Crippen LogP contribution in [0.4, 0.5) is 5.69 Å². The van der Waals surface area contributed by atoms with Gasteiger partial charge in [-0.2, -0.15) is 0 Å². The molecule has 1 unspecified atom stereocenters. The molecule has 0 heterocycles. The van der Waals surface area contributed by atoms with Gasteiger partial charge in [-0.3, -0.25) is 4.79 Å². The lowest BCUT2D eigenvalue weighted by Gasteiger charge is -2.15. The summed E-state index contributed by atoms with van der Waals surface area (Å²) < 4.78 is 4.93. The molecule has 114 valence electrons. The van der Waals surface area contributed by atoms with Crippen molar-refractivity contribution in [3.63, 3.8) is 0 Å². The number of hydrogen-bond acceptors (Lipinski definition) is 3. The van der Waals surface area contributed by atoms with Crippen LogP contribution in [-0.2, 0) is 16.0 Å². The fourth-order valence-electron chi connectivity index (χ4n) is 2.27. The molecule has 0 aromatic heterocycles. The third-order valence-electron chi connectivity index (χ3n) is 3.35. The minimum absolute atomic E-state index is 0.226. The van der Waals surface area contributed by atoms with Crippen LogP contribution in [0.2, 0.25) is 0 Å². The minimum atomic E-state index is -0.319. The second kappa shape index (κ2) is 7.56. The molecule has 3 N–H and O–H groups in total. The fourth-order valence-corrected chi connectivity index (χ4v) is 2.38. The minimum Gasteiger partial charge on any atom is -0.469 e. The lowest BCUT2D eigenvalue weighted by atomic mass is 9.92. The maximum Gasteiger partial charge on any atom is 0.313 e. The van der Waals surface area contributed by atoms with Crippen molar-refractivity contribution in [2.75, 3.05) is 12.4 Å². The van der Waals surface area contributed by atoms with Gasteiger partial charge in [-0.05, 0) is 41.9 Å². The molecule has 0 saturated heterocycles. The van der Waals surface area contributed by atoms with Gasteiger partial charge in [0.25, 0.3) is 0 Å². The van der Waals surface area contributed by atoms with Crippen molar-refractivity contribution in [3.8, 4) is 0 Å². The van der Waals surface area contributed by atoms with Gasteiger partial charge < -0.3 is 15.8 Å². The van der Waals surface area contributed by atoms with Crippen molar-refractivity contribution in [2.24, 2.45) is 5.73 Å². The van der Waals surface area contributed by atoms with Crippen LogP contribution in [0.5, 0.6) is 0 Å². The normalized spacial score (nSPS) is 11.5. The number of carbonyl (C=O) groups excluding carboxylic acids is 1. The summed E-state index contributed by atoms with van der Waals surface area (Å²) >= 11 is 4.80. The summed E-state index contributed by atoms with van der Waals surface area (Å²) in [6.07, 6.45) is 0.573. The molecule has 0 aliphatic heterocycles. The Morgan fingerprint density at radius 1 is 1.18 bits per heavy atom. The first-order chi connectivity index (χ1) is 10.6. The molecule has 1 atom stereocenters. The van der Waals surface area contributed by atoms with Crippen LogP contribution >= 0.6 is 12.2 Å². The Hall–Kier alpha value is -2.40. The Kier molecular flexibility index (Phi) is 5.49. The van der Waals surface area contributed by atoms with E-state index in [0.29, 0.717) is 6.42 Å². The zero-order valence-electron chi connectivity index (χ0n) is 12.3. The monoisotopic (exact) mass is 314 g/mol. The Balaban J connectivity index is 2.17. The molecular formula is C17H18N2O2S. The first-order valence-corrected chi connectivity index (χ1v) is 7.29. The number of anilines is 1. The average molecular weight is 314 g/mol. The zero-order chi connectivity index (χ0) is 15.9. The van der Waals surface area contributed by atoms with Crippen molar-refractivity contribution < 1.29 is 9.53 Å².